The molecule has 2 atom stereocenters. The van der Waals surface area contributed by atoms with E-state index in [1.807, 2.05) is 0 Å². The van der Waals surface area contributed by atoms with Crippen molar-refractivity contribution in [2.75, 3.05) is 0 Å². The van der Waals surface area contributed by atoms with Crippen molar-refractivity contribution in [2.24, 2.45) is 0 Å². The first-order valence-electron chi connectivity index (χ1n) is 5.80. The van der Waals surface area contributed by atoms with Crippen molar-refractivity contribution in [1.82, 2.24) is 4.72 Å². The minimum atomic E-state index is -3.88. The van der Waals surface area contributed by atoms with Gasteiger partial charge >= 0.3 is 0 Å². The van der Waals surface area contributed by atoms with Crippen molar-refractivity contribution in [3.05, 3.63) is 29.6 Å². The zero-order valence-corrected chi connectivity index (χ0v) is 12.3. The van der Waals surface area contributed by atoms with Gasteiger partial charge in [0.1, 0.15) is 22.3 Å². The molecule has 1 aliphatic rings. The Hall–Kier alpha value is -0.970. The lowest BCUT2D eigenvalue weighted by Crippen LogP contribution is -2.38. The first-order valence-corrected chi connectivity index (χ1v) is 8.20. The lowest BCUT2D eigenvalue weighted by atomic mass is 10.2. The van der Waals surface area contributed by atoms with Gasteiger partial charge in [0, 0.05) is 10.9 Å². The van der Waals surface area contributed by atoms with Crippen LogP contribution in [0, 0.1) is 17.1 Å². The molecule has 0 spiro atoms. The average molecular weight is 347 g/mol. The summed E-state index contributed by atoms with van der Waals surface area (Å²) in [7, 11) is -3.88. The molecule has 0 saturated heterocycles. The van der Waals surface area contributed by atoms with Gasteiger partial charge in [-0.1, -0.05) is 28.4 Å². The van der Waals surface area contributed by atoms with Gasteiger partial charge in [-0.25, -0.2) is 17.5 Å². The Bertz CT molecular complexity index is 627. The van der Waals surface area contributed by atoms with Gasteiger partial charge in [-0.2, -0.15) is 5.26 Å². The first kappa shape index (κ1) is 14.4. The Kier molecular flexibility index (Phi) is 4.23. The summed E-state index contributed by atoms with van der Waals surface area (Å²) in [6.07, 6.45) is 2.55. The molecule has 0 aromatic heterocycles. The van der Waals surface area contributed by atoms with E-state index in [0.717, 1.165) is 25.3 Å². The molecule has 0 heterocycles. The summed E-state index contributed by atoms with van der Waals surface area (Å²) in [6, 6.07) is 4.97. The fourth-order valence-corrected chi connectivity index (χ4v) is 4.52. The van der Waals surface area contributed by atoms with Gasteiger partial charge in [-0.15, -0.1) is 0 Å². The molecule has 0 radical (unpaired) electrons. The van der Waals surface area contributed by atoms with Gasteiger partial charge in [0.25, 0.3) is 0 Å². The Balaban J connectivity index is 2.35. The molecule has 1 aromatic carbocycles. The van der Waals surface area contributed by atoms with Crippen molar-refractivity contribution in [2.45, 2.75) is 35.0 Å². The fraction of sp³-hybridized carbons (Fsp3) is 0.417. The minimum Gasteiger partial charge on any atom is -0.207 e. The Labute approximate surface area is 119 Å². The summed E-state index contributed by atoms with van der Waals surface area (Å²) in [4.78, 5) is -0.233. The van der Waals surface area contributed by atoms with Crippen molar-refractivity contribution in [1.29, 1.82) is 5.26 Å². The predicted molar refractivity (Wildman–Crippen MR) is 71.8 cm³/mol. The van der Waals surface area contributed by atoms with Crippen LogP contribution in [0.1, 0.15) is 24.8 Å². The van der Waals surface area contributed by atoms with Crippen LogP contribution in [-0.4, -0.2) is 19.3 Å². The number of nitriles is 1. The molecular weight excluding hydrogens is 335 g/mol. The lowest BCUT2D eigenvalue weighted by molar-refractivity contribution is 0.553. The third kappa shape index (κ3) is 2.96. The normalized spacial score (nSPS) is 23.2. The Morgan fingerprint density at radius 1 is 1.42 bits per heavy atom. The summed E-state index contributed by atoms with van der Waals surface area (Å²) < 4.78 is 40.4. The molecule has 19 heavy (non-hydrogen) atoms. The molecule has 4 nitrogen and oxygen atoms in total. The largest absolute Gasteiger partial charge is 0.242 e. The second kappa shape index (κ2) is 5.57. The second-order valence-corrected chi connectivity index (χ2v) is 7.26. The number of sulfonamides is 1. The van der Waals surface area contributed by atoms with E-state index in [1.165, 1.54) is 12.1 Å². The van der Waals surface area contributed by atoms with E-state index < -0.39 is 21.4 Å². The predicted octanol–water partition coefficient (Wildman–Crippen LogP) is 2.29. The highest BCUT2D eigenvalue weighted by Gasteiger charge is 2.31. The molecule has 2 rings (SSSR count). The van der Waals surface area contributed by atoms with Crippen LogP contribution in [0.25, 0.3) is 0 Å². The summed E-state index contributed by atoms with van der Waals surface area (Å²) in [5.74, 6) is -0.827. The van der Waals surface area contributed by atoms with Gasteiger partial charge in [-0.3, -0.25) is 0 Å². The molecule has 1 aromatic rings. The number of benzene rings is 1. The molecule has 102 valence electrons. The standard InChI is InChI=1S/C12H12BrFN2O2S/c13-9-3-1-5-11(9)16-19(17,18)12-6-2-4-10(14)8(12)7-15/h2,4,6,9,11,16H,1,3,5H2. The zero-order valence-electron chi connectivity index (χ0n) is 9.94. The van der Waals surface area contributed by atoms with Crippen LogP contribution < -0.4 is 4.72 Å². The van der Waals surface area contributed by atoms with E-state index in [1.54, 1.807) is 6.07 Å². The highest BCUT2D eigenvalue weighted by molar-refractivity contribution is 9.09. The molecule has 0 amide bonds. The molecule has 7 heteroatoms. The molecule has 1 aliphatic carbocycles. The monoisotopic (exact) mass is 346 g/mol. The number of halogens is 2. The van der Waals surface area contributed by atoms with E-state index in [0.29, 0.717) is 0 Å². The van der Waals surface area contributed by atoms with Gasteiger partial charge < -0.3 is 0 Å². The number of alkyl halides is 1. The Morgan fingerprint density at radius 3 is 2.74 bits per heavy atom. The molecule has 1 fully saturated rings. The number of nitrogens with zero attached hydrogens (tertiary/aromatic N) is 1. The molecule has 2 unspecified atom stereocenters. The third-order valence-electron chi connectivity index (χ3n) is 3.11. The van der Waals surface area contributed by atoms with Crippen LogP contribution in [0.5, 0.6) is 0 Å². The highest BCUT2D eigenvalue weighted by Crippen LogP contribution is 2.27. The van der Waals surface area contributed by atoms with Crippen LogP contribution in [-0.2, 0) is 10.0 Å². The summed E-state index contributed by atoms with van der Waals surface area (Å²) >= 11 is 3.41. The van der Waals surface area contributed by atoms with Crippen molar-refractivity contribution < 1.29 is 12.8 Å². The van der Waals surface area contributed by atoms with Crippen molar-refractivity contribution >= 4 is 26.0 Å². The average Bonchev–Trinajstić information content (AvgIpc) is 2.74. The number of hydrogen-bond acceptors (Lipinski definition) is 3. The van der Waals surface area contributed by atoms with Crippen LogP contribution in [0.15, 0.2) is 23.1 Å². The third-order valence-corrected chi connectivity index (χ3v) is 5.74. The summed E-state index contributed by atoms with van der Waals surface area (Å²) in [6.45, 7) is 0. The molecular formula is C12H12BrFN2O2S. The number of nitrogens with one attached hydrogen (secondary N) is 1. The fourth-order valence-electron chi connectivity index (χ4n) is 2.15. The van der Waals surface area contributed by atoms with E-state index in [2.05, 4.69) is 20.7 Å². The first-order chi connectivity index (χ1) is 8.95. The van der Waals surface area contributed by atoms with Crippen molar-refractivity contribution in [3.8, 4) is 6.07 Å². The maximum atomic E-state index is 13.4. The highest BCUT2D eigenvalue weighted by atomic mass is 79.9. The van der Waals surface area contributed by atoms with Crippen molar-refractivity contribution in [3.63, 3.8) is 0 Å². The molecule has 1 saturated carbocycles. The molecule has 0 bridgehead atoms. The van der Waals surface area contributed by atoms with E-state index in [9.17, 15) is 12.8 Å². The van der Waals surface area contributed by atoms with Crippen LogP contribution in [0.4, 0.5) is 4.39 Å². The topological polar surface area (TPSA) is 70.0 Å². The van der Waals surface area contributed by atoms with Crippen LogP contribution in [0.3, 0.4) is 0 Å². The second-order valence-electron chi connectivity index (χ2n) is 4.40. The zero-order chi connectivity index (χ0) is 14.0. The van der Waals surface area contributed by atoms with Gasteiger partial charge in [0.05, 0.1) is 0 Å². The SMILES string of the molecule is N#Cc1c(F)cccc1S(=O)(=O)NC1CCCC1Br. The maximum Gasteiger partial charge on any atom is 0.242 e. The summed E-state index contributed by atoms with van der Waals surface area (Å²) in [5, 5.41) is 8.88. The molecule has 1 N–H and O–H groups in total. The maximum absolute atomic E-state index is 13.4. The van der Waals surface area contributed by atoms with E-state index in [-0.39, 0.29) is 15.8 Å². The molecule has 0 aliphatic heterocycles. The quantitative estimate of drug-likeness (QED) is 0.853. The van der Waals surface area contributed by atoms with Gasteiger partial charge in [0.15, 0.2) is 0 Å². The van der Waals surface area contributed by atoms with Gasteiger partial charge in [-0.05, 0) is 25.0 Å². The van der Waals surface area contributed by atoms with Crippen LogP contribution in [0.2, 0.25) is 0 Å². The smallest absolute Gasteiger partial charge is 0.207 e. The number of hydrogen-bond donors (Lipinski definition) is 1. The van der Waals surface area contributed by atoms with E-state index >= 15 is 0 Å². The van der Waals surface area contributed by atoms with Gasteiger partial charge in [0.2, 0.25) is 10.0 Å². The summed E-state index contributed by atoms with van der Waals surface area (Å²) in [5.41, 5.74) is -0.445. The number of rotatable bonds is 3. The minimum absolute atomic E-state index is 0.0707. The van der Waals surface area contributed by atoms with Crippen LogP contribution >= 0.6 is 15.9 Å². The Morgan fingerprint density at radius 2 is 2.16 bits per heavy atom. The lowest BCUT2D eigenvalue weighted by Gasteiger charge is -2.16. The van der Waals surface area contributed by atoms with E-state index in [4.69, 9.17) is 5.26 Å².